The lowest BCUT2D eigenvalue weighted by atomic mass is 9.83. The van der Waals surface area contributed by atoms with E-state index in [-0.39, 0.29) is 0 Å². The summed E-state index contributed by atoms with van der Waals surface area (Å²) in [6, 6.07) is 0.471. The zero-order valence-electron chi connectivity index (χ0n) is 19.3. The molecular weight excluding hydrogens is 380 g/mol. The highest BCUT2D eigenvalue weighted by atomic mass is 16.5. The molecule has 0 aromatic carbocycles. The van der Waals surface area contributed by atoms with Gasteiger partial charge in [0.25, 0.3) is 0 Å². The zero-order valence-corrected chi connectivity index (χ0v) is 19.3. The molecule has 3 rings (SSSR count). The van der Waals surface area contributed by atoms with E-state index < -0.39 is 0 Å². The molecule has 2 aliphatic heterocycles. The Hall–Kier alpha value is -0.890. The van der Waals surface area contributed by atoms with Gasteiger partial charge in [0.05, 0.1) is 19.8 Å². The van der Waals surface area contributed by atoms with Gasteiger partial charge in [-0.15, -0.1) is 0 Å². The highest BCUT2D eigenvalue weighted by Crippen LogP contribution is 2.41. The summed E-state index contributed by atoms with van der Waals surface area (Å²) in [7, 11) is 0. The minimum Gasteiger partial charge on any atom is -0.382 e. The van der Waals surface area contributed by atoms with E-state index in [4.69, 9.17) is 19.2 Å². The average molecular weight is 425 g/mol. The fraction of sp³-hybridized carbons (Fsp3) is 0.957. The van der Waals surface area contributed by atoms with Gasteiger partial charge in [0.15, 0.2) is 5.96 Å². The molecule has 3 fully saturated rings. The van der Waals surface area contributed by atoms with Crippen LogP contribution in [0.5, 0.6) is 0 Å². The maximum Gasteiger partial charge on any atom is 0.191 e. The van der Waals surface area contributed by atoms with Crippen LogP contribution in [0, 0.1) is 11.3 Å². The molecule has 1 saturated carbocycles. The van der Waals surface area contributed by atoms with Gasteiger partial charge >= 0.3 is 0 Å². The van der Waals surface area contributed by atoms with E-state index in [0.29, 0.717) is 17.4 Å². The summed E-state index contributed by atoms with van der Waals surface area (Å²) < 4.78 is 17.0. The van der Waals surface area contributed by atoms with Crippen LogP contribution in [0.4, 0.5) is 0 Å². The molecule has 2 heterocycles. The van der Waals surface area contributed by atoms with E-state index in [9.17, 15) is 0 Å². The molecule has 174 valence electrons. The molecule has 0 aromatic heterocycles. The van der Waals surface area contributed by atoms with E-state index in [0.717, 1.165) is 91.2 Å². The first-order chi connectivity index (χ1) is 14.8. The summed E-state index contributed by atoms with van der Waals surface area (Å²) in [6.07, 6.45) is 7.48. The Kier molecular flexibility index (Phi) is 10.2. The van der Waals surface area contributed by atoms with Crippen LogP contribution < -0.4 is 10.6 Å². The Morgan fingerprint density at radius 2 is 1.93 bits per heavy atom. The van der Waals surface area contributed by atoms with Crippen molar-refractivity contribution in [3.63, 3.8) is 0 Å². The number of hydrogen-bond donors (Lipinski definition) is 2. The van der Waals surface area contributed by atoms with Crippen LogP contribution in [0.25, 0.3) is 0 Å². The van der Waals surface area contributed by atoms with E-state index >= 15 is 0 Å². The van der Waals surface area contributed by atoms with Crippen molar-refractivity contribution in [2.24, 2.45) is 16.3 Å². The van der Waals surface area contributed by atoms with Crippen molar-refractivity contribution in [3.8, 4) is 0 Å². The number of nitrogens with one attached hydrogen (secondary N) is 2. The maximum absolute atomic E-state index is 5.71. The molecule has 30 heavy (non-hydrogen) atoms. The summed E-state index contributed by atoms with van der Waals surface area (Å²) in [5.41, 5.74) is 0.320. The van der Waals surface area contributed by atoms with Crippen LogP contribution in [0.1, 0.15) is 52.4 Å². The molecule has 0 aromatic rings. The number of guanidine groups is 1. The van der Waals surface area contributed by atoms with E-state index in [1.54, 1.807) is 0 Å². The van der Waals surface area contributed by atoms with E-state index in [2.05, 4.69) is 29.4 Å². The highest BCUT2D eigenvalue weighted by molar-refractivity contribution is 5.79. The molecule has 3 aliphatic rings. The first-order valence-corrected chi connectivity index (χ1v) is 12.3. The lowest BCUT2D eigenvalue weighted by molar-refractivity contribution is 0.00246. The Bertz CT molecular complexity index is 499. The molecule has 0 bridgehead atoms. The SMILES string of the molecule is CCNC(=NCC1(CCOCC)CCCC1)NCC(C1CCOC1)N1CCOCC1. The third kappa shape index (κ3) is 7.08. The number of aliphatic imine (C=N–C) groups is 1. The molecule has 2 unspecified atom stereocenters. The van der Waals surface area contributed by atoms with Crippen LogP contribution in [0.3, 0.4) is 0 Å². The first-order valence-electron chi connectivity index (χ1n) is 12.3. The van der Waals surface area contributed by atoms with Gasteiger partial charge in [0.1, 0.15) is 0 Å². The van der Waals surface area contributed by atoms with Gasteiger partial charge in [-0.2, -0.15) is 0 Å². The molecule has 7 nitrogen and oxygen atoms in total. The summed E-state index contributed by atoms with van der Waals surface area (Å²) in [4.78, 5) is 7.64. The fourth-order valence-corrected chi connectivity index (χ4v) is 5.19. The summed E-state index contributed by atoms with van der Waals surface area (Å²) in [5, 5.41) is 7.15. The highest BCUT2D eigenvalue weighted by Gasteiger charge is 2.34. The average Bonchev–Trinajstić information content (AvgIpc) is 3.46. The van der Waals surface area contributed by atoms with E-state index in [1.165, 1.54) is 25.7 Å². The second kappa shape index (κ2) is 12.8. The van der Waals surface area contributed by atoms with Gasteiger partial charge in [0, 0.05) is 64.5 Å². The molecule has 2 N–H and O–H groups in total. The van der Waals surface area contributed by atoms with Crippen molar-refractivity contribution >= 4 is 5.96 Å². The van der Waals surface area contributed by atoms with Crippen molar-refractivity contribution in [3.05, 3.63) is 0 Å². The Morgan fingerprint density at radius 3 is 2.60 bits per heavy atom. The summed E-state index contributed by atoms with van der Waals surface area (Å²) in [6.45, 7) is 14.0. The standard InChI is InChI=1S/C23H44N4O3/c1-3-24-22(26-19-23(8-5-6-9-23)10-14-28-4-2)25-17-21(20-7-13-30-18-20)27-11-15-29-16-12-27/h20-21H,3-19H2,1-2H3,(H2,24,25,26). The van der Waals surface area contributed by atoms with Crippen LogP contribution in [-0.4, -0.2) is 89.3 Å². The van der Waals surface area contributed by atoms with Gasteiger partial charge in [-0.3, -0.25) is 9.89 Å². The van der Waals surface area contributed by atoms with Crippen molar-refractivity contribution in [1.29, 1.82) is 0 Å². The third-order valence-electron chi connectivity index (χ3n) is 7.06. The smallest absolute Gasteiger partial charge is 0.191 e. The van der Waals surface area contributed by atoms with Crippen LogP contribution >= 0.6 is 0 Å². The lowest BCUT2D eigenvalue weighted by Crippen LogP contribution is -2.53. The zero-order chi connectivity index (χ0) is 21.1. The van der Waals surface area contributed by atoms with Crippen molar-refractivity contribution < 1.29 is 14.2 Å². The monoisotopic (exact) mass is 424 g/mol. The van der Waals surface area contributed by atoms with Gasteiger partial charge in [-0.25, -0.2) is 0 Å². The van der Waals surface area contributed by atoms with Crippen molar-refractivity contribution in [2.75, 3.05) is 72.4 Å². The van der Waals surface area contributed by atoms with Crippen molar-refractivity contribution in [2.45, 2.75) is 58.4 Å². The largest absolute Gasteiger partial charge is 0.382 e. The fourth-order valence-electron chi connectivity index (χ4n) is 5.19. The van der Waals surface area contributed by atoms with Crippen LogP contribution in [-0.2, 0) is 14.2 Å². The maximum atomic E-state index is 5.71. The molecule has 2 atom stereocenters. The first kappa shape index (κ1) is 23.8. The molecular formula is C23H44N4O3. The molecule has 0 amide bonds. The molecule has 0 spiro atoms. The number of hydrogen-bond acceptors (Lipinski definition) is 5. The quantitative estimate of drug-likeness (QED) is 0.301. The number of rotatable bonds is 11. The second-order valence-corrected chi connectivity index (χ2v) is 9.07. The Balaban J connectivity index is 1.59. The molecule has 7 heteroatoms. The summed E-state index contributed by atoms with van der Waals surface area (Å²) >= 11 is 0. The van der Waals surface area contributed by atoms with Gasteiger partial charge in [-0.05, 0) is 44.9 Å². The van der Waals surface area contributed by atoms with Crippen LogP contribution in [0.2, 0.25) is 0 Å². The Labute approximate surface area is 183 Å². The minimum atomic E-state index is 0.320. The van der Waals surface area contributed by atoms with Crippen molar-refractivity contribution in [1.82, 2.24) is 15.5 Å². The summed E-state index contributed by atoms with van der Waals surface area (Å²) in [5.74, 6) is 1.54. The lowest BCUT2D eigenvalue weighted by Gasteiger charge is -2.37. The third-order valence-corrected chi connectivity index (χ3v) is 7.06. The number of morpholine rings is 1. The molecule has 1 aliphatic carbocycles. The van der Waals surface area contributed by atoms with E-state index in [1.807, 2.05) is 0 Å². The Morgan fingerprint density at radius 1 is 1.13 bits per heavy atom. The second-order valence-electron chi connectivity index (χ2n) is 9.07. The normalized spacial score (nSPS) is 26.1. The number of nitrogens with zero attached hydrogens (tertiary/aromatic N) is 2. The number of ether oxygens (including phenoxy) is 3. The van der Waals surface area contributed by atoms with Crippen LogP contribution in [0.15, 0.2) is 4.99 Å². The predicted octanol–water partition coefficient (Wildman–Crippen LogP) is 2.27. The van der Waals surface area contributed by atoms with Gasteiger partial charge in [0.2, 0.25) is 0 Å². The predicted molar refractivity (Wildman–Crippen MR) is 121 cm³/mol. The topological polar surface area (TPSA) is 67.4 Å². The van der Waals surface area contributed by atoms with Gasteiger partial charge < -0.3 is 24.8 Å². The molecule has 0 radical (unpaired) electrons. The van der Waals surface area contributed by atoms with Gasteiger partial charge in [-0.1, -0.05) is 12.8 Å². The minimum absolute atomic E-state index is 0.320. The molecule has 2 saturated heterocycles.